The summed E-state index contributed by atoms with van der Waals surface area (Å²) in [5.41, 5.74) is 0.836. The van der Waals surface area contributed by atoms with E-state index >= 15 is 0 Å². The van der Waals surface area contributed by atoms with Gasteiger partial charge in [0.25, 0.3) is 0 Å². The molecule has 3 nitrogen and oxygen atoms in total. The fourth-order valence-electron chi connectivity index (χ4n) is 2.34. The molecule has 3 rings (SSSR count). The zero-order chi connectivity index (χ0) is 14.0. The molecule has 0 heterocycles. The molecule has 0 atom stereocenters. The van der Waals surface area contributed by atoms with Gasteiger partial charge in [-0.2, -0.15) is 5.26 Å². The molecule has 0 spiro atoms. The number of ether oxygens (including phenoxy) is 1. The molecule has 0 unspecified atom stereocenters. The average Bonchev–Trinajstić information content (AvgIpc) is 3.32. The van der Waals surface area contributed by atoms with E-state index in [1.165, 1.54) is 18.9 Å². The van der Waals surface area contributed by atoms with Crippen molar-refractivity contribution < 1.29 is 9.13 Å². The van der Waals surface area contributed by atoms with Gasteiger partial charge in [-0.15, -0.1) is 0 Å². The van der Waals surface area contributed by atoms with Crippen LogP contribution >= 0.6 is 0 Å². The van der Waals surface area contributed by atoms with Gasteiger partial charge < -0.3 is 10.1 Å². The van der Waals surface area contributed by atoms with Crippen LogP contribution < -0.4 is 10.1 Å². The first-order chi connectivity index (χ1) is 9.72. The summed E-state index contributed by atoms with van der Waals surface area (Å²) in [4.78, 5) is 0. The summed E-state index contributed by atoms with van der Waals surface area (Å²) in [6.45, 7) is 1.08. The Morgan fingerprint density at radius 3 is 2.85 bits per heavy atom. The normalized spacial score (nSPS) is 19.4. The summed E-state index contributed by atoms with van der Waals surface area (Å²) in [5, 5.41) is 12.2. The maximum absolute atomic E-state index is 14.0. The lowest BCUT2D eigenvalue weighted by Gasteiger charge is -2.16. The molecule has 1 aromatic rings. The number of benzene rings is 1. The highest BCUT2D eigenvalue weighted by molar-refractivity contribution is 5.35. The summed E-state index contributed by atoms with van der Waals surface area (Å²) in [6.07, 6.45) is 4.92. The SMILES string of the molecule is N#CCC1(COc2c(F)cccc2CNC2CC2)CC1. The van der Waals surface area contributed by atoms with Gasteiger partial charge in [0.1, 0.15) is 0 Å². The van der Waals surface area contributed by atoms with Crippen molar-refractivity contribution in [1.29, 1.82) is 5.26 Å². The van der Waals surface area contributed by atoms with Crippen molar-refractivity contribution in [3.8, 4) is 11.8 Å². The Bertz CT molecular complexity index is 530. The molecule has 0 radical (unpaired) electrons. The second kappa shape index (κ2) is 5.41. The lowest BCUT2D eigenvalue weighted by atomic mass is 10.1. The van der Waals surface area contributed by atoms with Gasteiger partial charge in [0.15, 0.2) is 11.6 Å². The van der Waals surface area contributed by atoms with Gasteiger partial charge in [0, 0.05) is 30.0 Å². The van der Waals surface area contributed by atoms with Crippen LogP contribution in [0.25, 0.3) is 0 Å². The molecular weight excluding hydrogens is 255 g/mol. The molecule has 1 N–H and O–H groups in total. The largest absolute Gasteiger partial charge is 0.490 e. The third kappa shape index (κ3) is 3.10. The smallest absolute Gasteiger partial charge is 0.165 e. The van der Waals surface area contributed by atoms with Gasteiger partial charge >= 0.3 is 0 Å². The van der Waals surface area contributed by atoms with Crippen molar-refractivity contribution in [2.75, 3.05) is 6.61 Å². The minimum Gasteiger partial charge on any atom is -0.490 e. The molecule has 1 aromatic carbocycles. The molecule has 0 amide bonds. The highest BCUT2D eigenvalue weighted by Crippen LogP contribution is 2.49. The topological polar surface area (TPSA) is 45.0 Å². The van der Waals surface area contributed by atoms with Crippen molar-refractivity contribution >= 4 is 0 Å². The average molecular weight is 274 g/mol. The molecule has 2 saturated carbocycles. The van der Waals surface area contributed by atoms with E-state index in [4.69, 9.17) is 10.00 Å². The molecule has 2 fully saturated rings. The summed E-state index contributed by atoms with van der Waals surface area (Å²) in [5.74, 6) is 0.0396. The molecule has 2 aliphatic rings. The number of nitriles is 1. The Morgan fingerprint density at radius 2 is 2.20 bits per heavy atom. The second-order valence-electron chi connectivity index (χ2n) is 6.01. The number of nitrogens with one attached hydrogen (secondary N) is 1. The summed E-state index contributed by atoms with van der Waals surface area (Å²) < 4.78 is 19.7. The van der Waals surface area contributed by atoms with Gasteiger partial charge in [-0.3, -0.25) is 0 Å². The molecular formula is C16H19FN2O. The van der Waals surface area contributed by atoms with Crippen LogP contribution in [0.2, 0.25) is 0 Å². The first kappa shape index (κ1) is 13.4. The minimum atomic E-state index is -0.312. The Hall–Kier alpha value is -1.60. The van der Waals surface area contributed by atoms with Crippen LogP contribution in [0.15, 0.2) is 18.2 Å². The van der Waals surface area contributed by atoms with E-state index in [0.29, 0.717) is 31.4 Å². The molecule has 0 aromatic heterocycles. The van der Waals surface area contributed by atoms with Crippen LogP contribution in [-0.2, 0) is 6.54 Å². The van der Waals surface area contributed by atoms with E-state index in [1.54, 1.807) is 6.07 Å². The Kier molecular flexibility index (Phi) is 3.62. The van der Waals surface area contributed by atoms with Crippen LogP contribution in [0.5, 0.6) is 5.75 Å². The van der Waals surface area contributed by atoms with E-state index < -0.39 is 0 Å². The maximum Gasteiger partial charge on any atom is 0.165 e. The van der Waals surface area contributed by atoms with E-state index in [-0.39, 0.29) is 11.2 Å². The van der Waals surface area contributed by atoms with Crippen LogP contribution in [0.4, 0.5) is 4.39 Å². The van der Waals surface area contributed by atoms with Crippen molar-refractivity contribution in [3.63, 3.8) is 0 Å². The van der Waals surface area contributed by atoms with Crippen LogP contribution in [0.1, 0.15) is 37.7 Å². The molecule has 20 heavy (non-hydrogen) atoms. The zero-order valence-corrected chi connectivity index (χ0v) is 11.5. The summed E-state index contributed by atoms with van der Waals surface area (Å²) in [7, 11) is 0. The Labute approximate surface area is 118 Å². The van der Waals surface area contributed by atoms with Crippen molar-refractivity contribution in [2.45, 2.75) is 44.7 Å². The van der Waals surface area contributed by atoms with E-state index in [0.717, 1.165) is 18.4 Å². The van der Waals surface area contributed by atoms with Crippen molar-refractivity contribution in [1.82, 2.24) is 5.32 Å². The highest BCUT2D eigenvalue weighted by atomic mass is 19.1. The van der Waals surface area contributed by atoms with Gasteiger partial charge in [-0.1, -0.05) is 12.1 Å². The fraction of sp³-hybridized carbons (Fsp3) is 0.562. The number of halogens is 1. The molecule has 2 aliphatic carbocycles. The summed E-state index contributed by atoms with van der Waals surface area (Å²) in [6, 6.07) is 7.83. The third-order valence-corrected chi connectivity index (χ3v) is 4.14. The van der Waals surface area contributed by atoms with Crippen LogP contribution in [0, 0.1) is 22.6 Å². The molecule has 106 valence electrons. The van der Waals surface area contributed by atoms with Gasteiger partial charge in [0.2, 0.25) is 0 Å². The Morgan fingerprint density at radius 1 is 1.40 bits per heavy atom. The van der Waals surface area contributed by atoms with E-state index in [9.17, 15) is 4.39 Å². The lowest BCUT2D eigenvalue weighted by Crippen LogP contribution is -2.18. The number of para-hydroxylation sites is 1. The number of nitrogens with zero attached hydrogens (tertiary/aromatic N) is 1. The first-order valence-electron chi connectivity index (χ1n) is 7.23. The van der Waals surface area contributed by atoms with Gasteiger partial charge in [-0.05, 0) is 31.7 Å². The second-order valence-corrected chi connectivity index (χ2v) is 6.01. The van der Waals surface area contributed by atoms with E-state index in [2.05, 4.69) is 11.4 Å². The quantitative estimate of drug-likeness (QED) is 0.830. The molecule has 0 aliphatic heterocycles. The lowest BCUT2D eigenvalue weighted by molar-refractivity contribution is 0.225. The first-order valence-corrected chi connectivity index (χ1v) is 7.23. The van der Waals surface area contributed by atoms with Crippen molar-refractivity contribution in [2.24, 2.45) is 5.41 Å². The van der Waals surface area contributed by atoms with Crippen molar-refractivity contribution in [3.05, 3.63) is 29.6 Å². The highest BCUT2D eigenvalue weighted by Gasteiger charge is 2.43. The third-order valence-electron chi connectivity index (χ3n) is 4.14. The summed E-state index contributed by atoms with van der Waals surface area (Å²) >= 11 is 0. The number of rotatable bonds is 7. The number of hydrogen-bond donors (Lipinski definition) is 1. The fourth-order valence-corrected chi connectivity index (χ4v) is 2.34. The predicted octanol–water partition coefficient (Wildman–Crippen LogP) is 3.15. The van der Waals surface area contributed by atoms with Gasteiger partial charge in [0.05, 0.1) is 12.7 Å². The van der Waals surface area contributed by atoms with Gasteiger partial charge in [-0.25, -0.2) is 4.39 Å². The van der Waals surface area contributed by atoms with Crippen LogP contribution in [-0.4, -0.2) is 12.6 Å². The minimum absolute atomic E-state index is 0.0295. The monoisotopic (exact) mass is 274 g/mol. The zero-order valence-electron chi connectivity index (χ0n) is 11.5. The molecule has 0 saturated heterocycles. The molecule has 0 bridgehead atoms. The van der Waals surface area contributed by atoms with E-state index in [1.807, 2.05) is 6.07 Å². The standard InChI is InChI=1S/C16H19FN2O/c17-14-3-1-2-12(10-19-13-4-5-13)15(14)20-11-16(6-7-16)8-9-18/h1-3,13,19H,4-8,10-11H2. The maximum atomic E-state index is 14.0. The van der Waals surface area contributed by atoms with Crippen LogP contribution in [0.3, 0.4) is 0 Å². The number of hydrogen-bond acceptors (Lipinski definition) is 3. The molecule has 4 heteroatoms. The Balaban J connectivity index is 1.65. The predicted molar refractivity (Wildman–Crippen MR) is 73.7 cm³/mol.